The number of para-hydroxylation sites is 1. The Morgan fingerprint density at radius 3 is 2.88 bits per heavy atom. The standard InChI is InChI=1S/C12H18N2O2S/c1-2-9-17(15,16)14-8-7-13-10-11-5-3-4-6-12(11)14/h3-6,13H,2,7-10H2,1H3. The van der Waals surface area contributed by atoms with Gasteiger partial charge >= 0.3 is 0 Å². The summed E-state index contributed by atoms with van der Waals surface area (Å²) in [6.45, 7) is 3.82. The molecule has 0 aromatic heterocycles. The maximum Gasteiger partial charge on any atom is 0.235 e. The molecule has 0 amide bonds. The average molecular weight is 254 g/mol. The minimum absolute atomic E-state index is 0.210. The van der Waals surface area contributed by atoms with Crippen LogP contribution in [0.3, 0.4) is 0 Å². The molecular formula is C12H18N2O2S. The minimum Gasteiger partial charge on any atom is -0.311 e. The van der Waals surface area contributed by atoms with Gasteiger partial charge in [-0.15, -0.1) is 0 Å². The number of hydrogen-bond donors (Lipinski definition) is 1. The highest BCUT2D eigenvalue weighted by Crippen LogP contribution is 2.25. The number of benzene rings is 1. The van der Waals surface area contributed by atoms with Crippen molar-refractivity contribution in [3.63, 3.8) is 0 Å². The van der Waals surface area contributed by atoms with Crippen LogP contribution in [0.25, 0.3) is 0 Å². The van der Waals surface area contributed by atoms with E-state index < -0.39 is 10.0 Å². The smallest absolute Gasteiger partial charge is 0.235 e. The molecule has 0 unspecified atom stereocenters. The molecule has 0 saturated heterocycles. The Hall–Kier alpha value is -1.07. The van der Waals surface area contributed by atoms with Gasteiger partial charge in [0.15, 0.2) is 0 Å². The van der Waals surface area contributed by atoms with Crippen molar-refractivity contribution >= 4 is 15.7 Å². The van der Waals surface area contributed by atoms with Gasteiger partial charge in [0.2, 0.25) is 10.0 Å². The largest absolute Gasteiger partial charge is 0.311 e. The van der Waals surface area contributed by atoms with E-state index in [-0.39, 0.29) is 5.75 Å². The summed E-state index contributed by atoms with van der Waals surface area (Å²) in [6, 6.07) is 7.69. The zero-order valence-corrected chi connectivity index (χ0v) is 10.8. The third-order valence-corrected chi connectivity index (χ3v) is 4.84. The van der Waals surface area contributed by atoms with E-state index in [4.69, 9.17) is 0 Å². The third-order valence-electron chi connectivity index (χ3n) is 2.87. The zero-order chi connectivity index (χ0) is 12.3. The maximum absolute atomic E-state index is 12.2. The molecule has 1 aliphatic heterocycles. The molecule has 0 aliphatic carbocycles. The molecule has 0 radical (unpaired) electrons. The van der Waals surface area contributed by atoms with Gasteiger partial charge in [0, 0.05) is 19.6 Å². The summed E-state index contributed by atoms with van der Waals surface area (Å²) in [5.74, 6) is 0.210. The molecule has 0 atom stereocenters. The Bertz CT molecular complexity index is 485. The first-order chi connectivity index (χ1) is 8.15. The van der Waals surface area contributed by atoms with Crippen LogP contribution in [0.2, 0.25) is 0 Å². The summed E-state index contributed by atoms with van der Waals surface area (Å²) in [7, 11) is -3.18. The molecule has 0 saturated carbocycles. The summed E-state index contributed by atoms with van der Waals surface area (Å²) in [5, 5.41) is 3.24. The number of nitrogens with one attached hydrogen (secondary N) is 1. The first kappa shape index (κ1) is 12.4. The van der Waals surface area contributed by atoms with Gasteiger partial charge in [-0.05, 0) is 18.1 Å². The molecule has 0 spiro atoms. The Kier molecular flexibility index (Phi) is 3.69. The summed E-state index contributed by atoms with van der Waals surface area (Å²) in [5.41, 5.74) is 1.87. The van der Waals surface area contributed by atoms with Gasteiger partial charge in [0.1, 0.15) is 0 Å². The molecule has 1 aromatic rings. The van der Waals surface area contributed by atoms with E-state index >= 15 is 0 Å². The van der Waals surface area contributed by atoms with Gasteiger partial charge in [-0.2, -0.15) is 0 Å². The van der Waals surface area contributed by atoms with Crippen LogP contribution in [0.15, 0.2) is 24.3 Å². The average Bonchev–Trinajstić information content (AvgIpc) is 2.51. The quantitative estimate of drug-likeness (QED) is 0.885. The third kappa shape index (κ3) is 2.61. The predicted molar refractivity (Wildman–Crippen MR) is 69.6 cm³/mol. The minimum atomic E-state index is -3.18. The molecular weight excluding hydrogens is 236 g/mol. The lowest BCUT2D eigenvalue weighted by atomic mass is 10.2. The highest BCUT2D eigenvalue weighted by molar-refractivity contribution is 7.92. The summed E-state index contributed by atoms with van der Waals surface area (Å²) in [6.07, 6.45) is 0.647. The van der Waals surface area contributed by atoms with Crippen LogP contribution in [0, 0.1) is 0 Å². The number of anilines is 1. The van der Waals surface area contributed by atoms with Crippen LogP contribution in [0.4, 0.5) is 5.69 Å². The van der Waals surface area contributed by atoms with Crippen LogP contribution in [0.1, 0.15) is 18.9 Å². The van der Waals surface area contributed by atoms with Crippen molar-refractivity contribution in [2.75, 3.05) is 23.1 Å². The molecule has 17 heavy (non-hydrogen) atoms. The number of fused-ring (bicyclic) bond motifs is 1. The molecule has 4 nitrogen and oxygen atoms in total. The summed E-state index contributed by atoms with van der Waals surface area (Å²) >= 11 is 0. The van der Waals surface area contributed by atoms with Crippen LogP contribution in [-0.2, 0) is 16.6 Å². The Labute approximate surface area is 103 Å². The van der Waals surface area contributed by atoms with Gasteiger partial charge in [-0.1, -0.05) is 25.1 Å². The highest BCUT2D eigenvalue weighted by atomic mass is 32.2. The lowest BCUT2D eigenvalue weighted by Gasteiger charge is -2.23. The second-order valence-corrected chi connectivity index (χ2v) is 6.21. The summed E-state index contributed by atoms with van der Waals surface area (Å²) in [4.78, 5) is 0. The van der Waals surface area contributed by atoms with Gasteiger partial charge in [0.05, 0.1) is 11.4 Å². The number of hydrogen-bond acceptors (Lipinski definition) is 3. The van der Waals surface area contributed by atoms with E-state index in [2.05, 4.69) is 5.32 Å². The van der Waals surface area contributed by atoms with Crippen molar-refractivity contribution in [2.24, 2.45) is 0 Å². The fourth-order valence-corrected chi connectivity index (χ4v) is 3.67. The second-order valence-electron chi connectivity index (χ2n) is 4.19. The van der Waals surface area contributed by atoms with Crippen molar-refractivity contribution < 1.29 is 8.42 Å². The van der Waals surface area contributed by atoms with Gasteiger partial charge in [-0.3, -0.25) is 4.31 Å². The van der Waals surface area contributed by atoms with Gasteiger partial charge < -0.3 is 5.32 Å². The molecule has 1 aliphatic rings. The topological polar surface area (TPSA) is 49.4 Å². The van der Waals surface area contributed by atoms with Crippen molar-refractivity contribution in [3.05, 3.63) is 29.8 Å². The normalized spacial score (nSPS) is 16.4. The Balaban J connectivity index is 2.41. The van der Waals surface area contributed by atoms with Crippen LogP contribution >= 0.6 is 0 Å². The molecule has 0 fully saturated rings. The Morgan fingerprint density at radius 2 is 2.12 bits per heavy atom. The van der Waals surface area contributed by atoms with E-state index in [1.54, 1.807) is 4.31 Å². The number of rotatable bonds is 3. The van der Waals surface area contributed by atoms with Crippen LogP contribution in [0.5, 0.6) is 0 Å². The highest BCUT2D eigenvalue weighted by Gasteiger charge is 2.24. The second kappa shape index (κ2) is 5.06. The molecule has 1 heterocycles. The molecule has 94 valence electrons. The monoisotopic (exact) mass is 254 g/mol. The lowest BCUT2D eigenvalue weighted by Crippen LogP contribution is -2.36. The first-order valence-corrected chi connectivity index (χ1v) is 7.55. The van der Waals surface area contributed by atoms with Gasteiger partial charge in [0.25, 0.3) is 0 Å². The van der Waals surface area contributed by atoms with Crippen LogP contribution < -0.4 is 9.62 Å². The molecule has 2 rings (SSSR count). The van der Waals surface area contributed by atoms with Crippen molar-refractivity contribution in [3.8, 4) is 0 Å². The number of nitrogens with zero attached hydrogens (tertiary/aromatic N) is 1. The van der Waals surface area contributed by atoms with Gasteiger partial charge in [-0.25, -0.2) is 8.42 Å². The molecule has 0 bridgehead atoms. The zero-order valence-electron chi connectivity index (χ0n) is 10.0. The van der Waals surface area contributed by atoms with Crippen molar-refractivity contribution in [1.82, 2.24) is 5.32 Å². The van der Waals surface area contributed by atoms with E-state index in [0.29, 0.717) is 19.5 Å². The molecule has 1 N–H and O–H groups in total. The fraction of sp³-hybridized carbons (Fsp3) is 0.500. The predicted octanol–water partition coefficient (Wildman–Crippen LogP) is 1.34. The number of sulfonamides is 1. The summed E-state index contributed by atoms with van der Waals surface area (Å²) < 4.78 is 25.9. The van der Waals surface area contributed by atoms with Crippen molar-refractivity contribution in [2.45, 2.75) is 19.9 Å². The maximum atomic E-state index is 12.2. The van der Waals surface area contributed by atoms with E-state index in [1.165, 1.54) is 0 Å². The van der Waals surface area contributed by atoms with Crippen LogP contribution in [-0.4, -0.2) is 27.3 Å². The Morgan fingerprint density at radius 1 is 1.35 bits per heavy atom. The molecule has 1 aromatic carbocycles. The van der Waals surface area contributed by atoms with E-state index in [9.17, 15) is 8.42 Å². The SMILES string of the molecule is CCCS(=O)(=O)N1CCNCc2ccccc21. The van der Waals surface area contributed by atoms with Crippen molar-refractivity contribution in [1.29, 1.82) is 0 Å². The molecule has 5 heteroatoms. The lowest BCUT2D eigenvalue weighted by molar-refractivity contribution is 0.588. The fourth-order valence-electron chi connectivity index (χ4n) is 2.08. The van der Waals surface area contributed by atoms with E-state index in [1.807, 2.05) is 31.2 Å². The van der Waals surface area contributed by atoms with E-state index in [0.717, 1.165) is 17.8 Å². The first-order valence-electron chi connectivity index (χ1n) is 5.94.